The highest BCUT2D eigenvalue weighted by Crippen LogP contribution is 2.39. The topological polar surface area (TPSA) is 109 Å². The smallest absolute Gasteiger partial charge is 0.337 e. The number of carboxylic acids is 1. The van der Waals surface area contributed by atoms with Gasteiger partial charge < -0.3 is 9.52 Å². The number of carbonyl (C=O) groups excluding carboxylic acids is 2. The Bertz CT molecular complexity index is 1480. The first-order valence-electron chi connectivity index (χ1n) is 11.4. The van der Waals surface area contributed by atoms with E-state index in [0.29, 0.717) is 28.2 Å². The van der Waals surface area contributed by atoms with Crippen LogP contribution in [0.5, 0.6) is 0 Å². The maximum atomic E-state index is 11.5. The quantitative estimate of drug-likeness (QED) is 0.265. The van der Waals surface area contributed by atoms with Crippen molar-refractivity contribution in [2.75, 3.05) is 0 Å². The molecule has 1 aliphatic heterocycles. The molecule has 2 atom stereocenters. The second-order valence-electron chi connectivity index (χ2n) is 8.58. The first-order valence-corrected chi connectivity index (χ1v) is 11.8. The zero-order chi connectivity index (χ0) is 25.9. The molecule has 0 spiro atoms. The molecule has 0 bridgehead atoms. The molecular formula is C29H21ClN2O5. The average molecular weight is 513 g/mol. The summed E-state index contributed by atoms with van der Waals surface area (Å²) in [6, 6.07) is 22.3. The molecule has 1 saturated heterocycles. The van der Waals surface area contributed by atoms with Crippen LogP contribution in [0.3, 0.4) is 0 Å². The van der Waals surface area contributed by atoms with Gasteiger partial charge in [0.25, 0.3) is 0 Å². The Labute approximate surface area is 217 Å². The molecule has 8 heteroatoms. The van der Waals surface area contributed by atoms with E-state index in [1.165, 1.54) is 12.1 Å². The lowest BCUT2D eigenvalue weighted by Crippen LogP contribution is -2.26. The molecule has 3 N–H and O–H groups in total. The summed E-state index contributed by atoms with van der Waals surface area (Å²) in [5, 5.41) is 9.55. The number of carbonyl (C=O) groups is 3. The molecule has 37 heavy (non-hydrogen) atoms. The number of carboxylic acid groups (broad SMARTS) is 1. The van der Waals surface area contributed by atoms with Gasteiger partial charge in [-0.15, -0.1) is 0 Å². The molecule has 0 amide bonds. The van der Waals surface area contributed by atoms with Crippen molar-refractivity contribution in [1.29, 1.82) is 0 Å². The summed E-state index contributed by atoms with van der Waals surface area (Å²) in [6.45, 7) is 0. The van der Waals surface area contributed by atoms with E-state index >= 15 is 0 Å². The van der Waals surface area contributed by atoms with Crippen LogP contribution in [0, 0.1) is 0 Å². The number of benzene rings is 3. The Morgan fingerprint density at radius 1 is 0.838 bits per heavy atom. The second kappa shape index (κ2) is 10.4. The Hall–Kier alpha value is -4.30. The second-order valence-corrected chi connectivity index (χ2v) is 8.98. The Morgan fingerprint density at radius 3 is 2.03 bits per heavy atom. The molecule has 2 heterocycles. The average Bonchev–Trinajstić information content (AvgIpc) is 3.56. The van der Waals surface area contributed by atoms with Crippen molar-refractivity contribution in [3.8, 4) is 11.3 Å². The van der Waals surface area contributed by atoms with Crippen molar-refractivity contribution in [2.45, 2.75) is 12.1 Å². The molecule has 184 valence electrons. The van der Waals surface area contributed by atoms with Crippen molar-refractivity contribution in [2.24, 2.45) is 0 Å². The van der Waals surface area contributed by atoms with Gasteiger partial charge in [-0.2, -0.15) is 0 Å². The third-order valence-corrected chi connectivity index (χ3v) is 6.55. The van der Waals surface area contributed by atoms with Crippen LogP contribution in [-0.4, -0.2) is 23.6 Å². The van der Waals surface area contributed by atoms with Crippen LogP contribution in [-0.2, 0) is 0 Å². The van der Waals surface area contributed by atoms with Crippen LogP contribution in [0.15, 0.2) is 88.9 Å². The van der Waals surface area contributed by atoms with Gasteiger partial charge in [0.1, 0.15) is 24.1 Å². The molecule has 0 saturated carbocycles. The molecular weight excluding hydrogens is 492 g/mol. The summed E-state index contributed by atoms with van der Waals surface area (Å²) in [6.07, 6.45) is 3.51. The summed E-state index contributed by atoms with van der Waals surface area (Å²) in [7, 11) is 0. The number of rotatable bonds is 7. The van der Waals surface area contributed by atoms with Gasteiger partial charge in [0.05, 0.1) is 22.7 Å². The van der Waals surface area contributed by atoms with Crippen LogP contribution < -0.4 is 10.9 Å². The fourth-order valence-corrected chi connectivity index (χ4v) is 4.63. The highest BCUT2D eigenvalue weighted by Gasteiger charge is 2.32. The van der Waals surface area contributed by atoms with Gasteiger partial charge in [-0.05, 0) is 65.2 Å². The first kappa shape index (κ1) is 24.4. The Balaban J connectivity index is 1.56. The summed E-state index contributed by atoms with van der Waals surface area (Å²) < 4.78 is 6.08. The fourth-order valence-electron chi connectivity index (χ4n) is 4.43. The van der Waals surface area contributed by atoms with Crippen LogP contribution in [0.1, 0.15) is 60.0 Å². The van der Waals surface area contributed by atoms with Crippen molar-refractivity contribution in [1.82, 2.24) is 10.9 Å². The molecule has 1 fully saturated rings. The monoisotopic (exact) mass is 512 g/mol. The number of hydrazine groups is 1. The summed E-state index contributed by atoms with van der Waals surface area (Å²) in [5.41, 5.74) is 11.0. The Morgan fingerprint density at radius 2 is 1.46 bits per heavy atom. The zero-order valence-electron chi connectivity index (χ0n) is 19.4. The third kappa shape index (κ3) is 5.01. The van der Waals surface area contributed by atoms with Gasteiger partial charge in [0, 0.05) is 16.7 Å². The van der Waals surface area contributed by atoms with Crippen molar-refractivity contribution >= 4 is 36.2 Å². The van der Waals surface area contributed by atoms with Crippen molar-refractivity contribution < 1.29 is 23.9 Å². The number of hydrogen-bond donors (Lipinski definition) is 3. The largest absolute Gasteiger partial charge is 0.478 e. The SMILES string of the molecule is O=Cc1cccc(C2NNC(c3cccc(C=O)c3)C2=Cc2ccc(-c3ccc(Cl)c(C(=O)O)c3)o2)c1. The number of hydrogen-bond acceptors (Lipinski definition) is 6. The molecule has 4 aromatic rings. The molecule has 1 aromatic heterocycles. The van der Waals surface area contributed by atoms with Gasteiger partial charge in [-0.3, -0.25) is 9.59 Å². The van der Waals surface area contributed by atoms with E-state index in [0.717, 1.165) is 29.3 Å². The van der Waals surface area contributed by atoms with Gasteiger partial charge in [0.2, 0.25) is 0 Å². The number of aldehydes is 2. The van der Waals surface area contributed by atoms with E-state index in [2.05, 4.69) is 10.9 Å². The van der Waals surface area contributed by atoms with Gasteiger partial charge in [-0.1, -0.05) is 48.0 Å². The third-order valence-electron chi connectivity index (χ3n) is 6.22. The number of halogens is 1. The van der Waals surface area contributed by atoms with E-state index in [1.54, 1.807) is 30.3 Å². The maximum Gasteiger partial charge on any atom is 0.337 e. The predicted molar refractivity (Wildman–Crippen MR) is 140 cm³/mol. The van der Waals surface area contributed by atoms with E-state index in [9.17, 15) is 19.5 Å². The van der Waals surface area contributed by atoms with Crippen LogP contribution in [0.4, 0.5) is 0 Å². The summed E-state index contributed by atoms with van der Waals surface area (Å²) >= 11 is 6.01. The summed E-state index contributed by atoms with van der Waals surface area (Å²) in [4.78, 5) is 34.3. The number of aromatic carboxylic acids is 1. The van der Waals surface area contributed by atoms with E-state index in [1.807, 2.05) is 42.5 Å². The van der Waals surface area contributed by atoms with Crippen LogP contribution in [0.2, 0.25) is 5.02 Å². The Kier molecular flexibility index (Phi) is 6.83. The van der Waals surface area contributed by atoms with E-state index in [4.69, 9.17) is 16.0 Å². The minimum atomic E-state index is -1.12. The normalized spacial score (nSPS) is 16.9. The molecule has 1 aliphatic rings. The lowest BCUT2D eigenvalue weighted by atomic mass is 9.90. The van der Waals surface area contributed by atoms with Gasteiger partial charge in [-0.25, -0.2) is 15.6 Å². The highest BCUT2D eigenvalue weighted by atomic mass is 35.5. The van der Waals surface area contributed by atoms with Crippen molar-refractivity contribution in [3.05, 3.63) is 123 Å². The maximum absolute atomic E-state index is 11.5. The predicted octanol–water partition coefficient (Wildman–Crippen LogP) is 5.90. The van der Waals surface area contributed by atoms with E-state index in [-0.39, 0.29) is 22.7 Å². The number of furan rings is 1. The highest BCUT2D eigenvalue weighted by molar-refractivity contribution is 6.33. The van der Waals surface area contributed by atoms with Gasteiger partial charge in [0.15, 0.2) is 0 Å². The summed E-state index contributed by atoms with van der Waals surface area (Å²) in [5.74, 6) is -0.0796. The minimum absolute atomic E-state index is 0.00934. The molecule has 5 rings (SSSR count). The number of nitrogens with one attached hydrogen (secondary N) is 2. The van der Waals surface area contributed by atoms with Crippen molar-refractivity contribution in [3.63, 3.8) is 0 Å². The van der Waals surface area contributed by atoms with E-state index < -0.39 is 5.97 Å². The molecule has 7 nitrogen and oxygen atoms in total. The van der Waals surface area contributed by atoms with Crippen LogP contribution >= 0.6 is 11.6 Å². The molecule has 2 unspecified atom stereocenters. The lowest BCUT2D eigenvalue weighted by molar-refractivity contribution is 0.0696. The fraction of sp³-hybridized carbons (Fsp3) is 0.0690. The molecule has 0 radical (unpaired) electrons. The van der Waals surface area contributed by atoms with Gasteiger partial charge >= 0.3 is 5.97 Å². The zero-order valence-corrected chi connectivity index (χ0v) is 20.1. The first-order chi connectivity index (χ1) is 18.0. The van der Waals surface area contributed by atoms with Crippen LogP contribution in [0.25, 0.3) is 17.4 Å². The molecule has 3 aromatic carbocycles. The standard InChI is InChI=1S/C29H21ClN2O5/c30-25-9-7-19(13-23(25)29(35)36)26-10-8-22(37-26)14-24-27(20-5-1-3-17(11-20)15-33)31-32-28(24)21-6-2-4-18(12-21)16-34/h1-16,27-28,31-32H,(H,35,36). The molecule has 0 aliphatic carbocycles. The minimum Gasteiger partial charge on any atom is -0.478 e. The lowest BCUT2D eigenvalue weighted by Gasteiger charge is -2.16.